The molecule has 1 aromatic carbocycles. The molecule has 3 heterocycles. The van der Waals surface area contributed by atoms with E-state index in [-0.39, 0.29) is 6.09 Å². The second-order valence-corrected chi connectivity index (χ2v) is 10.0. The first-order valence-electron chi connectivity index (χ1n) is 11.8. The fourth-order valence-corrected chi connectivity index (χ4v) is 4.56. The minimum absolute atomic E-state index is 0.227. The number of fused-ring (bicyclic) bond motifs is 2. The van der Waals surface area contributed by atoms with Crippen molar-refractivity contribution in [3.63, 3.8) is 0 Å². The summed E-state index contributed by atoms with van der Waals surface area (Å²) in [7, 11) is 0. The lowest BCUT2D eigenvalue weighted by molar-refractivity contribution is 0.0188. The number of rotatable bonds is 4. The number of nitrogens with one attached hydrogen (secondary N) is 1. The van der Waals surface area contributed by atoms with Crippen molar-refractivity contribution in [3.05, 3.63) is 35.5 Å². The molecule has 174 valence electrons. The number of anilines is 1. The lowest BCUT2D eigenvalue weighted by Crippen LogP contribution is -2.42. The molecule has 1 aliphatic heterocycles. The van der Waals surface area contributed by atoms with Crippen LogP contribution in [0.4, 0.5) is 10.7 Å². The summed E-state index contributed by atoms with van der Waals surface area (Å²) in [6.45, 7) is 7.85. The highest BCUT2D eigenvalue weighted by molar-refractivity contribution is 5.72. The Morgan fingerprint density at radius 1 is 1.18 bits per heavy atom. The van der Waals surface area contributed by atoms with Gasteiger partial charge in [0.2, 0.25) is 5.95 Å². The van der Waals surface area contributed by atoms with Gasteiger partial charge in [-0.15, -0.1) is 5.10 Å². The molecule has 3 aromatic rings. The van der Waals surface area contributed by atoms with Crippen molar-refractivity contribution in [2.75, 3.05) is 25.0 Å². The molecule has 0 radical (unpaired) electrons. The number of aromatic nitrogens is 5. The lowest BCUT2D eigenvalue weighted by Gasteiger charge is -2.33. The quantitative estimate of drug-likeness (QED) is 0.648. The molecular formula is C24H31N7O2. The summed E-state index contributed by atoms with van der Waals surface area (Å²) in [6, 6.07) is 6.48. The zero-order chi connectivity index (χ0) is 23.0. The van der Waals surface area contributed by atoms with Crippen LogP contribution >= 0.6 is 0 Å². The molecule has 1 fully saturated rings. The maximum Gasteiger partial charge on any atom is 0.410 e. The molecule has 9 heteroatoms. The number of ether oxygens (including phenoxy) is 1. The number of benzene rings is 1. The first-order chi connectivity index (χ1) is 15.9. The summed E-state index contributed by atoms with van der Waals surface area (Å²) in [6.07, 6.45) is 6.81. The van der Waals surface area contributed by atoms with Crippen molar-refractivity contribution in [2.24, 2.45) is 5.92 Å². The van der Waals surface area contributed by atoms with Crippen molar-refractivity contribution in [3.8, 4) is 5.69 Å². The van der Waals surface area contributed by atoms with Crippen LogP contribution in [0.1, 0.15) is 51.2 Å². The average Bonchev–Trinajstić information content (AvgIpc) is 3.43. The molecule has 0 spiro atoms. The van der Waals surface area contributed by atoms with Crippen LogP contribution in [0.15, 0.2) is 24.4 Å². The van der Waals surface area contributed by atoms with E-state index in [0.717, 1.165) is 37.9 Å². The Kier molecular flexibility index (Phi) is 5.64. The van der Waals surface area contributed by atoms with Crippen LogP contribution in [-0.4, -0.2) is 61.2 Å². The molecule has 0 saturated carbocycles. The molecule has 0 atom stereocenters. The van der Waals surface area contributed by atoms with Crippen molar-refractivity contribution < 1.29 is 9.53 Å². The Labute approximate surface area is 193 Å². The van der Waals surface area contributed by atoms with Crippen molar-refractivity contribution >= 4 is 23.2 Å². The Morgan fingerprint density at radius 3 is 2.76 bits per heavy atom. The number of aryl methyl sites for hydroxylation is 2. The second-order valence-electron chi connectivity index (χ2n) is 10.0. The number of piperidine rings is 1. The first-order valence-corrected chi connectivity index (χ1v) is 11.8. The molecular weight excluding hydrogens is 418 g/mol. The van der Waals surface area contributed by atoms with Gasteiger partial charge in [-0.25, -0.2) is 9.78 Å². The molecule has 1 aliphatic carbocycles. The Morgan fingerprint density at radius 2 is 1.97 bits per heavy atom. The van der Waals surface area contributed by atoms with Crippen LogP contribution in [0.25, 0.3) is 16.9 Å². The molecule has 9 nitrogen and oxygen atoms in total. The third-order valence-electron chi connectivity index (χ3n) is 6.33. The molecule has 33 heavy (non-hydrogen) atoms. The van der Waals surface area contributed by atoms with Crippen molar-refractivity contribution in [1.82, 2.24) is 29.9 Å². The van der Waals surface area contributed by atoms with E-state index in [1.165, 1.54) is 17.5 Å². The number of amides is 1. The van der Waals surface area contributed by atoms with Crippen LogP contribution in [0.2, 0.25) is 0 Å². The number of hydrogen-bond donors (Lipinski definition) is 1. The number of carbonyl (C=O) groups is 1. The van der Waals surface area contributed by atoms with E-state index in [2.05, 4.69) is 38.8 Å². The van der Waals surface area contributed by atoms with Gasteiger partial charge in [0.05, 0.1) is 11.9 Å². The summed E-state index contributed by atoms with van der Waals surface area (Å²) >= 11 is 0. The zero-order valence-corrected chi connectivity index (χ0v) is 19.5. The first kappa shape index (κ1) is 21.6. The Bertz CT molecular complexity index is 1160. The summed E-state index contributed by atoms with van der Waals surface area (Å²) in [5.41, 5.74) is 4.71. The predicted octanol–water partition coefficient (Wildman–Crippen LogP) is 3.76. The maximum absolute atomic E-state index is 12.3. The van der Waals surface area contributed by atoms with Gasteiger partial charge in [0, 0.05) is 19.6 Å². The van der Waals surface area contributed by atoms with Crippen LogP contribution in [0.5, 0.6) is 0 Å². The van der Waals surface area contributed by atoms with E-state index in [9.17, 15) is 4.79 Å². The molecule has 5 rings (SSSR count). The third-order valence-corrected chi connectivity index (χ3v) is 6.33. The smallest absolute Gasteiger partial charge is 0.410 e. The van der Waals surface area contributed by atoms with Gasteiger partial charge in [-0.2, -0.15) is 9.67 Å². The highest BCUT2D eigenvalue weighted by atomic mass is 16.6. The van der Waals surface area contributed by atoms with E-state index >= 15 is 0 Å². The maximum atomic E-state index is 12.3. The number of hydrogen-bond acceptors (Lipinski definition) is 7. The minimum atomic E-state index is -0.466. The van der Waals surface area contributed by atoms with E-state index in [1.807, 2.05) is 20.8 Å². The minimum Gasteiger partial charge on any atom is -0.444 e. The van der Waals surface area contributed by atoms with Crippen LogP contribution in [0, 0.1) is 5.92 Å². The fraction of sp³-hybridized carbons (Fsp3) is 0.542. The third kappa shape index (κ3) is 4.77. The Hall–Kier alpha value is -3.23. The highest BCUT2D eigenvalue weighted by Crippen LogP contribution is 2.25. The molecule has 2 aliphatic rings. The Balaban J connectivity index is 1.22. The monoisotopic (exact) mass is 449 g/mol. The summed E-state index contributed by atoms with van der Waals surface area (Å²) in [5.74, 6) is 1.02. The number of carbonyl (C=O) groups excluding carboxylic acids is 1. The highest BCUT2D eigenvalue weighted by Gasteiger charge is 2.27. The van der Waals surface area contributed by atoms with E-state index in [4.69, 9.17) is 9.72 Å². The van der Waals surface area contributed by atoms with Gasteiger partial charge in [-0.3, -0.25) is 0 Å². The summed E-state index contributed by atoms with van der Waals surface area (Å²) < 4.78 is 7.28. The summed E-state index contributed by atoms with van der Waals surface area (Å²) in [5, 5.41) is 11.9. The van der Waals surface area contributed by atoms with E-state index in [1.54, 1.807) is 15.8 Å². The van der Waals surface area contributed by atoms with Crippen LogP contribution < -0.4 is 5.32 Å². The predicted molar refractivity (Wildman–Crippen MR) is 126 cm³/mol. The average molecular weight is 450 g/mol. The number of nitrogens with zero attached hydrogens (tertiary/aromatic N) is 6. The van der Waals surface area contributed by atoms with Crippen LogP contribution in [-0.2, 0) is 17.6 Å². The van der Waals surface area contributed by atoms with E-state index < -0.39 is 5.60 Å². The molecule has 2 aromatic heterocycles. The molecule has 0 bridgehead atoms. The lowest BCUT2D eigenvalue weighted by atomic mass is 9.97. The van der Waals surface area contributed by atoms with Gasteiger partial charge < -0.3 is 15.0 Å². The second kappa shape index (κ2) is 8.61. The van der Waals surface area contributed by atoms with E-state index in [0.29, 0.717) is 36.1 Å². The van der Waals surface area contributed by atoms with Gasteiger partial charge in [0.1, 0.15) is 5.60 Å². The van der Waals surface area contributed by atoms with Gasteiger partial charge in [0.15, 0.2) is 11.2 Å². The normalized spacial score (nSPS) is 16.8. The number of likely N-dealkylation sites (tertiary alicyclic amines) is 1. The van der Waals surface area contributed by atoms with Gasteiger partial charge in [-0.05, 0) is 82.1 Å². The SMILES string of the molecule is CC(C)(C)OC(=O)N1CCC(CNc2ncc3nnn(-c4ccc5c(c4)CCC5)c3n2)CC1. The molecule has 1 saturated heterocycles. The standard InChI is InChI=1S/C24H31N7O2/c1-24(2,3)33-23(32)30-11-9-16(10-12-30)14-25-22-26-15-20-21(27-22)31(29-28-20)19-8-7-17-5-4-6-18(17)13-19/h7-8,13,15-16H,4-6,9-12,14H2,1-3H3,(H,25,26,27). The van der Waals surface area contributed by atoms with Crippen LogP contribution in [0.3, 0.4) is 0 Å². The zero-order valence-electron chi connectivity index (χ0n) is 19.5. The van der Waals surface area contributed by atoms with Gasteiger partial charge >= 0.3 is 6.09 Å². The topological polar surface area (TPSA) is 98.1 Å². The van der Waals surface area contributed by atoms with Gasteiger partial charge in [0.25, 0.3) is 0 Å². The fourth-order valence-electron chi connectivity index (χ4n) is 4.56. The largest absolute Gasteiger partial charge is 0.444 e. The van der Waals surface area contributed by atoms with Crippen molar-refractivity contribution in [2.45, 2.75) is 58.5 Å². The molecule has 1 amide bonds. The summed E-state index contributed by atoms with van der Waals surface area (Å²) in [4.78, 5) is 23.2. The van der Waals surface area contributed by atoms with Crippen molar-refractivity contribution in [1.29, 1.82) is 0 Å². The molecule has 0 unspecified atom stereocenters. The van der Waals surface area contributed by atoms with Gasteiger partial charge in [-0.1, -0.05) is 11.3 Å². The molecule has 1 N–H and O–H groups in total.